The number of aromatic nitrogens is 1. The number of nitrogens with one attached hydrogen (secondary N) is 2. The van der Waals surface area contributed by atoms with Crippen molar-refractivity contribution < 1.29 is 9.18 Å². The van der Waals surface area contributed by atoms with Crippen molar-refractivity contribution >= 4 is 28.6 Å². The Morgan fingerprint density at radius 2 is 2.24 bits per heavy atom. The molecule has 2 heterocycles. The molecule has 0 saturated carbocycles. The van der Waals surface area contributed by atoms with Crippen molar-refractivity contribution in [2.45, 2.75) is 32.7 Å². The molecule has 1 amide bonds. The van der Waals surface area contributed by atoms with Crippen LogP contribution in [0.1, 0.15) is 35.5 Å². The molecule has 0 spiro atoms. The van der Waals surface area contributed by atoms with Crippen LogP contribution in [0.15, 0.2) is 17.6 Å². The van der Waals surface area contributed by atoms with Crippen molar-refractivity contribution in [3.05, 3.63) is 39.6 Å². The zero-order valence-corrected chi connectivity index (χ0v) is 12.7. The summed E-state index contributed by atoms with van der Waals surface area (Å²) < 4.78 is 14.2. The highest BCUT2D eigenvalue weighted by atomic mass is 32.1. The van der Waals surface area contributed by atoms with Crippen molar-refractivity contribution in [1.82, 2.24) is 4.98 Å². The van der Waals surface area contributed by atoms with Gasteiger partial charge in [-0.1, -0.05) is 0 Å². The topological polar surface area (TPSA) is 54.0 Å². The highest BCUT2D eigenvalue weighted by Crippen LogP contribution is 2.32. The van der Waals surface area contributed by atoms with E-state index in [0.717, 1.165) is 16.1 Å². The monoisotopic (exact) mass is 305 g/mol. The first-order valence-corrected chi connectivity index (χ1v) is 7.71. The molecule has 110 valence electrons. The third-order valence-corrected chi connectivity index (χ3v) is 4.75. The van der Waals surface area contributed by atoms with Gasteiger partial charge >= 0.3 is 0 Å². The van der Waals surface area contributed by atoms with Gasteiger partial charge in [0.25, 0.3) is 0 Å². The minimum Gasteiger partial charge on any atom is -0.375 e. The molecule has 2 aromatic rings. The van der Waals surface area contributed by atoms with Gasteiger partial charge < -0.3 is 10.6 Å². The number of hydrogen-bond acceptors (Lipinski definition) is 4. The number of fused-ring (bicyclic) bond motifs is 1. The quantitative estimate of drug-likeness (QED) is 0.910. The van der Waals surface area contributed by atoms with E-state index in [1.54, 1.807) is 22.9 Å². The average Bonchev–Trinajstić information content (AvgIpc) is 2.86. The third kappa shape index (κ3) is 2.76. The van der Waals surface area contributed by atoms with Crippen molar-refractivity contribution in [3.63, 3.8) is 0 Å². The molecule has 1 aliphatic heterocycles. The Bertz CT molecular complexity index is 698. The predicted octanol–water partition coefficient (Wildman–Crippen LogP) is 3.65. The van der Waals surface area contributed by atoms with Crippen LogP contribution in [0.3, 0.4) is 0 Å². The molecular weight excluding hydrogens is 289 g/mol. The van der Waals surface area contributed by atoms with Crippen LogP contribution in [0.2, 0.25) is 0 Å². The van der Waals surface area contributed by atoms with Crippen LogP contribution in [0.4, 0.5) is 15.8 Å². The number of carbonyl (C=O) groups excluding carboxylic acids is 1. The highest BCUT2D eigenvalue weighted by molar-refractivity contribution is 7.09. The van der Waals surface area contributed by atoms with Gasteiger partial charge in [0.2, 0.25) is 5.91 Å². The minimum absolute atomic E-state index is 0.0218. The molecule has 0 aliphatic carbocycles. The smallest absolute Gasteiger partial charge is 0.224 e. The number of carbonyl (C=O) groups is 1. The number of hydrogen-bond donors (Lipinski definition) is 2. The van der Waals surface area contributed by atoms with E-state index in [1.165, 1.54) is 6.07 Å². The van der Waals surface area contributed by atoms with E-state index in [0.29, 0.717) is 24.2 Å². The number of thiazole rings is 1. The Labute approximate surface area is 126 Å². The zero-order valence-electron chi connectivity index (χ0n) is 11.9. The van der Waals surface area contributed by atoms with E-state index in [1.807, 2.05) is 13.8 Å². The number of amides is 1. The molecule has 1 aliphatic rings. The van der Waals surface area contributed by atoms with E-state index in [9.17, 15) is 9.18 Å². The SMILES string of the molecule is Cc1ncsc1C(C)Nc1cc2c(cc1F)CCC(=O)N2. The number of aryl methyl sites for hydroxylation is 2. The molecule has 0 radical (unpaired) electrons. The minimum atomic E-state index is -0.293. The summed E-state index contributed by atoms with van der Waals surface area (Å²) >= 11 is 1.55. The van der Waals surface area contributed by atoms with Crippen molar-refractivity contribution in [2.75, 3.05) is 10.6 Å². The molecule has 0 saturated heterocycles. The zero-order chi connectivity index (χ0) is 15.0. The van der Waals surface area contributed by atoms with Crippen LogP contribution in [-0.2, 0) is 11.2 Å². The van der Waals surface area contributed by atoms with Gasteiger partial charge in [-0.15, -0.1) is 11.3 Å². The van der Waals surface area contributed by atoms with Gasteiger partial charge in [-0.2, -0.15) is 0 Å². The van der Waals surface area contributed by atoms with Crippen LogP contribution in [0.5, 0.6) is 0 Å². The molecule has 2 N–H and O–H groups in total. The van der Waals surface area contributed by atoms with Gasteiger partial charge in [-0.25, -0.2) is 9.37 Å². The first-order chi connectivity index (χ1) is 10.0. The van der Waals surface area contributed by atoms with E-state index in [2.05, 4.69) is 15.6 Å². The van der Waals surface area contributed by atoms with Crippen LogP contribution in [0.25, 0.3) is 0 Å². The molecule has 1 aromatic carbocycles. The van der Waals surface area contributed by atoms with E-state index in [-0.39, 0.29) is 17.8 Å². The first-order valence-electron chi connectivity index (χ1n) is 6.83. The summed E-state index contributed by atoms with van der Waals surface area (Å²) in [5.41, 5.74) is 4.68. The van der Waals surface area contributed by atoms with Gasteiger partial charge in [-0.3, -0.25) is 4.79 Å². The van der Waals surface area contributed by atoms with Gasteiger partial charge in [0.1, 0.15) is 5.82 Å². The molecule has 1 unspecified atom stereocenters. The van der Waals surface area contributed by atoms with Crippen molar-refractivity contribution in [3.8, 4) is 0 Å². The second-order valence-electron chi connectivity index (χ2n) is 5.21. The predicted molar refractivity (Wildman–Crippen MR) is 82.2 cm³/mol. The van der Waals surface area contributed by atoms with E-state index < -0.39 is 0 Å². The largest absolute Gasteiger partial charge is 0.375 e. The summed E-state index contributed by atoms with van der Waals surface area (Å²) in [6, 6.07) is 3.14. The fourth-order valence-electron chi connectivity index (χ4n) is 2.53. The lowest BCUT2D eigenvalue weighted by Gasteiger charge is -2.20. The summed E-state index contributed by atoms with van der Waals surface area (Å²) in [4.78, 5) is 16.7. The Morgan fingerprint density at radius 1 is 1.43 bits per heavy atom. The summed E-state index contributed by atoms with van der Waals surface area (Å²) in [7, 11) is 0. The van der Waals surface area contributed by atoms with Gasteiger partial charge in [0, 0.05) is 17.0 Å². The molecule has 6 heteroatoms. The molecule has 1 aromatic heterocycles. The van der Waals surface area contributed by atoms with Gasteiger partial charge in [0.15, 0.2) is 0 Å². The maximum Gasteiger partial charge on any atom is 0.224 e. The Balaban J connectivity index is 1.87. The standard InChI is InChI=1S/C15H16FN3OS/c1-8-15(21-7-17-8)9(2)18-13-6-12-10(5-11(13)16)3-4-14(20)19-12/h5-7,9,18H,3-4H2,1-2H3,(H,19,20). The van der Waals surface area contributed by atoms with Gasteiger partial charge in [-0.05, 0) is 38.0 Å². The molecule has 3 rings (SSSR count). The van der Waals surface area contributed by atoms with Crippen LogP contribution in [-0.4, -0.2) is 10.9 Å². The molecule has 0 fully saturated rings. The molecule has 4 nitrogen and oxygen atoms in total. The van der Waals surface area contributed by atoms with Gasteiger partial charge in [0.05, 0.1) is 22.9 Å². The number of anilines is 2. The highest BCUT2D eigenvalue weighted by Gasteiger charge is 2.19. The van der Waals surface area contributed by atoms with Crippen LogP contribution < -0.4 is 10.6 Å². The Hall–Kier alpha value is -1.95. The van der Waals surface area contributed by atoms with Crippen molar-refractivity contribution in [2.24, 2.45) is 0 Å². The van der Waals surface area contributed by atoms with E-state index >= 15 is 0 Å². The number of halogens is 1. The maximum atomic E-state index is 14.2. The molecular formula is C15H16FN3OS. The Kier molecular flexibility index (Phi) is 3.63. The summed E-state index contributed by atoms with van der Waals surface area (Å²) in [5.74, 6) is -0.315. The lowest BCUT2D eigenvalue weighted by molar-refractivity contribution is -0.116. The lowest BCUT2D eigenvalue weighted by atomic mass is 10.0. The molecule has 21 heavy (non-hydrogen) atoms. The van der Waals surface area contributed by atoms with Crippen LogP contribution >= 0.6 is 11.3 Å². The van der Waals surface area contributed by atoms with Crippen LogP contribution in [0, 0.1) is 12.7 Å². The average molecular weight is 305 g/mol. The lowest BCUT2D eigenvalue weighted by Crippen LogP contribution is -2.19. The molecule has 1 atom stereocenters. The summed E-state index contributed by atoms with van der Waals surface area (Å²) in [6.45, 7) is 3.91. The number of benzene rings is 1. The third-order valence-electron chi connectivity index (χ3n) is 3.64. The summed E-state index contributed by atoms with van der Waals surface area (Å²) in [6.07, 6.45) is 0.998. The number of nitrogens with zero attached hydrogens (tertiary/aromatic N) is 1. The second kappa shape index (κ2) is 5.44. The fourth-order valence-corrected chi connectivity index (χ4v) is 3.35. The second-order valence-corrected chi connectivity index (χ2v) is 6.09. The number of rotatable bonds is 3. The Morgan fingerprint density at radius 3 is 2.95 bits per heavy atom. The fraction of sp³-hybridized carbons (Fsp3) is 0.333. The normalized spacial score (nSPS) is 15.3. The van der Waals surface area contributed by atoms with Crippen molar-refractivity contribution in [1.29, 1.82) is 0 Å². The maximum absolute atomic E-state index is 14.2. The van der Waals surface area contributed by atoms with E-state index in [4.69, 9.17) is 0 Å². The first kappa shape index (κ1) is 14.0. The molecule has 0 bridgehead atoms. The summed E-state index contributed by atoms with van der Waals surface area (Å²) in [5, 5.41) is 5.95.